The van der Waals surface area contributed by atoms with Crippen LogP contribution in [0.15, 0.2) is 29.3 Å². The van der Waals surface area contributed by atoms with E-state index in [9.17, 15) is 4.79 Å². The van der Waals surface area contributed by atoms with E-state index in [1.165, 1.54) is 0 Å². The molecule has 0 saturated heterocycles. The van der Waals surface area contributed by atoms with Crippen molar-refractivity contribution in [1.29, 1.82) is 0 Å². The van der Waals surface area contributed by atoms with E-state index in [2.05, 4.69) is 15.6 Å². The van der Waals surface area contributed by atoms with Crippen molar-refractivity contribution in [3.05, 3.63) is 40.6 Å². The lowest BCUT2D eigenvalue weighted by Crippen LogP contribution is -2.18. The molecule has 0 radical (unpaired) electrons. The van der Waals surface area contributed by atoms with Gasteiger partial charge in [0.25, 0.3) is 5.56 Å². The minimum absolute atomic E-state index is 0.0114. The smallest absolute Gasteiger partial charge is 0.250 e. The van der Waals surface area contributed by atoms with Gasteiger partial charge in [0.05, 0.1) is 18.4 Å². The number of hydrogen-bond acceptors (Lipinski definition) is 5. The van der Waals surface area contributed by atoms with Crippen molar-refractivity contribution in [3.63, 3.8) is 0 Å². The van der Waals surface area contributed by atoms with E-state index in [-0.39, 0.29) is 12.2 Å². The van der Waals surface area contributed by atoms with Crippen LogP contribution in [0.1, 0.15) is 25.5 Å². The Morgan fingerprint density at radius 2 is 2.14 bits per heavy atom. The molecule has 2 rings (SSSR count). The molecule has 0 unspecified atom stereocenters. The molecule has 0 aliphatic carbocycles. The predicted octanol–water partition coefficient (Wildman–Crippen LogP) is 0.844. The first-order valence-corrected chi connectivity index (χ1v) is 7.17. The van der Waals surface area contributed by atoms with E-state index in [4.69, 9.17) is 5.11 Å². The van der Waals surface area contributed by atoms with E-state index in [1.54, 1.807) is 21.4 Å². The van der Waals surface area contributed by atoms with Gasteiger partial charge in [-0.3, -0.25) is 9.48 Å². The lowest BCUT2D eigenvalue weighted by molar-refractivity contribution is 0.276. The largest absolute Gasteiger partial charge is 0.396 e. The molecule has 0 saturated carbocycles. The SMILES string of the molecule is CCCn1cc(NCc2cn(CCCO)nn2)ccc1=O. The van der Waals surface area contributed by atoms with Crippen LogP contribution >= 0.6 is 0 Å². The number of rotatable bonds is 8. The van der Waals surface area contributed by atoms with Crippen molar-refractivity contribution >= 4 is 5.69 Å². The quantitative estimate of drug-likeness (QED) is 0.753. The summed E-state index contributed by atoms with van der Waals surface area (Å²) in [6, 6.07) is 3.33. The van der Waals surface area contributed by atoms with E-state index < -0.39 is 0 Å². The van der Waals surface area contributed by atoms with Gasteiger partial charge >= 0.3 is 0 Å². The number of aryl methyl sites for hydroxylation is 2. The Kier molecular flexibility index (Phi) is 5.51. The highest BCUT2D eigenvalue weighted by Gasteiger charge is 2.02. The fourth-order valence-corrected chi connectivity index (χ4v) is 2.01. The number of nitrogens with one attached hydrogen (secondary N) is 1. The fourth-order valence-electron chi connectivity index (χ4n) is 2.01. The van der Waals surface area contributed by atoms with Crippen molar-refractivity contribution in [2.24, 2.45) is 0 Å². The summed E-state index contributed by atoms with van der Waals surface area (Å²) in [6.45, 7) is 4.10. The van der Waals surface area contributed by atoms with Gasteiger partial charge in [0, 0.05) is 32.0 Å². The van der Waals surface area contributed by atoms with Crippen LogP contribution in [0.4, 0.5) is 5.69 Å². The van der Waals surface area contributed by atoms with Gasteiger partial charge in [-0.2, -0.15) is 0 Å². The van der Waals surface area contributed by atoms with Crippen LogP contribution in [0.25, 0.3) is 0 Å². The number of hydrogen-bond donors (Lipinski definition) is 2. The van der Waals surface area contributed by atoms with Crippen LogP contribution in [0, 0.1) is 0 Å². The summed E-state index contributed by atoms with van der Waals surface area (Å²) >= 11 is 0. The number of aromatic nitrogens is 4. The van der Waals surface area contributed by atoms with Gasteiger partial charge < -0.3 is 15.0 Å². The fraction of sp³-hybridized carbons (Fsp3) is 0.500. The molecule has 2 N–H and O–H groups in total. The second kappa shape index (κ2) is 7.58. The first-order valence-electron chi connectivity index (χ1n) is 7.17. The highest BCUT2D eigenvalue weighted by Crippen LogP contribution is 2.06. The standard InChI is InChI=1S/C14H21N5O2/c1-2-6-18-10-12(4-5-14(18)21)15-9-13-11-19(17-16-13)7-3-8-20/h4-5,10-11,15,20H,2-3,6-9H2,1H3. The van der Waals surface area contributed by atoms with Crippen LogP contribution < -0.4 is 10.9 Å². The molecule has 0 bridgehead atoms. The summed E-state index contributed by atoms with van der Waals surface area (Å²) in [5, 5.41) is 20.1. The minimum atomic E-state index is 0.0114. The number of nitrogens with zero attached hydrogens (tertiary/aromatic N) is 4. The maximum Gasteiger partial charge on any atom is 0.250 e. The average Bonchev–Trinajstić information content (AvgIpc) is 2.94. The molecule has 0 amide bonds. The molecular weight excluding hydrogens is 270 g/mol. The summed E-state index contributed by atoms with van der Waals surface area (Å²) in [6.07, 6.45) is 5.26. The van der Waals surface area contributed by atoms with Crippen molar-refractivity contribution in [3.8, 4) is 0 Å². The highest BCUT2D eigenvalue weighted by molar-refractivity contribution is 5.40. The molecule has 0 spiro atoms. The van der Waals surface area contributed by atoms with Crippen LogP contribution in [0.2, 0.25) is 0 Å². The topological polar surface area (TPSA) is 85.0 Å². The van der Waals surface area contributed by atoms with E-state index in [0.717, 1.165) is 17.8 Å². The summed E-state index contributed by atoms with van der Waals surface area (Å²) in [7, 11) is 0. The van der Waals surface area contributed by atoms with E-state index in [0.29, 0.717) is 26.1 Å². The van der Waals surface area contributed by atoms with E-state index >= 15 is 0 Å². The molecule has 2 aromatic heterocycles. The molecule has 0 aliphatic heterocycles. The van der Waals surface area contributed by atoms with Crippen LogP contribution in [0.5, 0.6) is 0 Å². The van der Waals surface area contributed by atoms with Gasteiger partial charge in [-0.15, -0.1) is 5.10 Å². The molecule has 7 heteroatoms. The van der Waals surface area contributed by atoms with Crippen molar-refractivity contribution < 1.29 is 5.11 Å². The van der Waals surface area contributed by atoms with Crippen LogP contribution in [-0.2, 0) is 19.6 Å². The summed E-state index contributed by atoms with van der Waals surface area (Å²) in [5.74, 6) is 0. The number of aliphatic hydroxyl groups excluding tert-OH is 1. The first-order chi connectivity index (χ1) is 10.2. The zero-order chi connectivity index (χ0) is 15.1. The molecular formula is C14H21N5O2. The zero-order valence-electron chi connectivity index (χ0n) is 12.2. The third-order valence-electron chi connectivity index (χ3n) is 3.05. The van der Waals surface area contributed by atoms with Gasteiger partial charge in [0.15, 0.2) is 0 Å². The monoisotopic (exact) mass is 291 g/mol. The molecule has 7 nitrogen and oxygen atoms in total. The Balaban J connectivity index is 1.94. The zero-order valence-corrected chi connectivity index (χ0v) is 12.2. The molecule has 21 heavy (non-hydrogen) atoms. The second-order valence-electron chi connectivity index (χ2n) is 4.85. The molecule has 0 aliphatic rings. The Hall–Kier alpha value is -2.15. The van der Waals surface area contributed by atoms with Gasteiger partial charge in [-0.1, -0.05) is 12.1 Å². The number of aliphatic hydroxyl groups is 1. The van der Waals surface area contributed by atoms with Crippen LogP contribution in [-0.4, -0.2) is 31.3 Å². The van der Waals surface area contributed by atoms with Crippen molar-refractivity contribution in [2.75, 3.05) is 11.9 Å². The molecule has 2 aromatic rings. The van der Waals surface area contributed by atoms with Crippen molar-refractivity contribution in [2.45, 2.75) is 39.4 Å². The summed E-state index contributed by atoms with van der Waals surface area (Å²) < 4.78 is 3.41. The maximum atomic E-state index is 11.6. The first kappa shape index (κ1) is 15.2. The maximum absolute atomic E-state index is 11.6. The molecule has 0 atom stereocenters. The number of pyridine rings is 1. The molecule has 0 aromatic carbocycles. The molecule has 0 fully saturated rings. The summed E-state index contributed by atoms with van der Waals surface area (Å²) in [5.41, 5.74) is 1.71. The Labute approximate surface area is 123 Å². The van der Waals surface area contributed by atoms with Crippen LogP contribution in [0.3, 0.4) is 0 Å². The summed E-state index contributed by atoms with van der Waals surface area (Å²) in [4.78, 5) is 11.6. The van der Waals surface area contributed by atoms with Gasteiger partial charge in [0.2, 0.25) is 0 Å². The highest BCUT2D eigenvalue weighted by atomic mass is 16.3. The lowest BCUT2D eigenvalue weighted by Gasteiger charge is -2.08. The third kappa shape index (κ3) is 4.42. The average molecular weight is 291 g/mol. The molecule has 2 heterocycles. The minimum Gasteiger partial charge on any atom is -0.396 e. The van der Waals surface area contributed by atoms with Gasteiger partial charge in [0.1, 0.15) is 5.69 Å². The second-order valence-corrected chi connectivity index (χ2v) is 4.85. The predicted molar refractivity (Wildman–Crippen MR) is 80.0 cm³/mol. The Morgan fingerprint density at radius 1 is 1.29 bits per heavy atom. The number of anilines is 1. The van der Waals surface area contributed by atoms with E-state index in [1.807, 2.05) is 19.3 Å². The Bertz CT molecular complexity index is 620. The normalized spacial score (nSPS) is 10.8. The third-order valence-corrected chi connectivity index (χ3v) is 3.05. The van der Waals surface area contributed by atoms with Crippen molar-refractivity contribution in [1.82, 2.24) is 19.6 Å². The van der Waals surface area contributed by atoms with Gasteiger partial charge in [-0.25, -0.2) is 0 Å². The van der Waals surface area contributed by atoms with Gasteiger partial charge in [-0.05, 0) is 18.9 Å². The lowest BCUT2D eigenvalue weighted by atomic mass is 10.3. The molecule has 114 valence electrons. The Morgan fingerprint density at radius 3 is 2.90 bits per heavy atom.